The Morgan fingerprint density at radius 1 is 0.286 bits per heavy atom. The molecule has 0 aromatic heterocycles. The van der Waals surface area contributed by atoms with Gasteiger partial charge in [-0.05, 0) is 96.5 Å². The van der Waals surface area contributed by atoms with Crippen LogP contribution in [0, 0.1) is 0 Å². The maximum atomic E-state index is 2.44. The first-order chi connectivity index (χ1) is 24.3. The Hall–Kier alpha value is -6.44. The van der Waals surface area contributed by atoms with Crippen LogP contribution in [0.2, 0.25) is 0 Å². The second-order valence-corrected chi connectivity index (χ2v) is 12.5. The Morgan fingerprint density at radius 2 is 0.857 bits per heavy atom. The molecule has 1 heteroatoms. The highest BCUT2D eigenvalue weighted by Gasteiger charge is 2.23. The van der Waals surface area contributed by atoms with Gasteiger partial charge in [-0.1, -0.05) is 164 Å². The van der Waals surface area contributed by atoms with Gasteiger partial charge in [-0.15, -0.1) is 0 Å². The number of rotatable bonds is 6. The molecule has 0 heterocycles. The van der Waals surface area contributed by atoms with Crippen LogP contribution in [0.5, 0.6) is 0 Å². The van der Waals surface area contributed by atoms with E-state index < -0.39 is 0 Å². The van der Waals surface area contributed by atoms with Crippen LogP contribution in [-0.2, 0) is 0 Å². The lowest BCUT2D eigenvalue weighted by Gasteiger charge is -2.30. The molecular formula is C48H33N. The molecular weight excluding hydrogens is 591 g/mol. The first kappa shape index (κ1) is 28.8. The van der Waals surface area contributed by atoms with Gasteiger partial charge in [-0.25, -0.2) is 0 Å². The van der Waals surface area contributed by atoms with E-state index in [4.69, 9.17) is 0 Å². The molecule has 0 N–H and O–H groups in total. The number of anilines is 3. The molecule has 0 spiro atoms. The monoisotopic (exact) mass is 623 g/mol. The summed E-state index contributed by atoms with van der Waals surface area (Å²) in [5, 5.41) is 7.43. The SMILES string of the molecule is c1ccc(-c2ccc(N(c3ccc4ccccc4c3)c3cccc(-c4ccccc4)c3-c3cc4ccccc4c4ccccc34)cc2)cc1. The lowest BCUT2D eigenvalue weighted by Crippen LogP contribution is -2.12. The summed E-state index contributed by atoms with van der Waals surface area (Å²) < 4.78 is 0. The van der Waals surface area contributed by atoms with E-state index in [1.165, 1.54) is 65.7 Å². The number of nitrogens with zero attached hydrogens (tertiary/aromatic N) is 1. The highest BCUT2D eigenvalue weighted by atomic mass is 15.1. The smallest absolute Gasteiger partial charge is 0.0546 e. The minimum Gasteiger partial charge on any atom is -0.310 e. The molecule has 0 saturated carbocycles. The third kappa shape index (κ3) is 5.23. The average molecular weight is 624 g/mol. The Morgan fingerprint density at radius 3 is 1.61 bits per heavy atom. The molecule has 0 bridgehead atoms. The van der Waals surface area contributed by atoms with Crippen LogP contribution < -0.4 is 4.90 Å². The maximum absolute atomic E-state index is 2.44. The van der Waals surface area contributed by atoms with Crippen molar-refractivity contribution >= 4 is 49.4 Å². The predicted octanol–water partition coefficient (Wildman–Crippen LogP) is 13.6. The molecule has 0 aliphatic rings. The maximum Gasteiger partial charge on any atom is 0.0546 e. The van der Waals surface area contributed by atoms with Gasteiger partial charge in [0.2, 0.25) is 0 Å². The molecule has 0 aliphatic carbocycles. The van der Waals surface area contributed by atoms with E-state index in [1.54, 1.807) is 0 Å². The number of fused-ring (bicyclic) bond motifs is 4. The second kappa shape index (κ2) is 12.3. The summed E-state index contributed by atoms with van der Waals surface area (Å²) in [5.74, 6) is 0. The van der Waals surface area contributed by atoms with Gasteiger partial charge in [0.05, 0.1) is 5.69 Å². The summed E-state index contributed by atoms with van der Waals surface area (Å²) in [6, 6.07) is 72.6. The van der Waals surface area contributed by atoms with Gasteiger partial charge >= 0.3 is 0 Å². The zero-order valence-corrected chi connectivity index (χ0v) is 27.0. The summed E-state index contributed by atoms with van der Waals surface area (Å²) in [6.07, 6.45) is 0. The van der Waals surface area contributed by atoms with Crippen LogP contribution in [0.1, 0.15) is 0 Å². The predicted molar refractivity (Wildman–Crippen MR) is 210 cm³/mol. The van der Waals surface area contributed by atoms with E-state index in [9.17, 15) is 0 Å². The quantitative estimate of drug-likeness (QED) is 0.167. The minimum atomic E-state index is 1.10. The Bertz CT molecular complexity index is 2590. The molecule has 230 valence electrons. The van der Waals surface area contributed by atoms with E-state index in [0.717, 1.165) is 17.1 Å². The molecule has 0 radical (unpaired) electrons. The van der Waals surface area contributed by atoms with E-state index in [-0.39, 0.29) is 0 Å². The van der Waals surface area contributed by atoms with Crippen molar-refractivity contribution in [3.05, 3.63) is 200 Å². The fourth-order valence-electron chi connectivity index (χ4n) is 7.31. The van der Waals surface area contributed by atoms with Gasteiger partial charge in [0, 0.05) is 16.9 Å². The lowest BCUT2D eigenvalue weighted by atomic mass is 9.87. The molecule has 1 nitrogen and oxygen atoms in total. The van der Waals surface area contributed by atoms with E-state index in [0.29, 0.717) is 0 Å². The average Bonchev–Trinajstić information content (AvgIpc) is 3.18. The van der Waals surface area contributed by atoms with Crippen LogP contribution in [-0.4, -0.2) is 0 Å². The van der Waals surface area contributed by atoms with Gasteiger partial charge in [0.25, 0.3) is 0 Å². The van der Waals surface area contributed by atoms with Gasteiger partial charge in [-0.2, -0.15) is 0 Å². The molecule has 0 saturated heterocycles. The summed E-state index contributed by atoms with van der Waals surface area (Å²) in [7, 11) is 0. The minimum absolute atomic E-state index is 1.10. The highest BCUT2D eigenvalue weighted by Crippen LogP contribution is 2.48. The van der Waals surface area contributed by atoms with Crippen molar-refractivity contribution in [2.45, 2.75) is 0 Å². The number of benzene rings is 9. The molecule has 0 amide bonds. The summed E-state index contributed by atoms with van der Waals surface area (Å²) >= 11 is 0. The van der Waals surface area contributed by atoms with Crippen molar-refractivity contribution in [3.8, 4) is 33.4 Å². The van der Waals surface area contributed by atoms with Crippen LogP contribution in [0.4, 0.5) is 17.1 Å². The highest BCUT2D eigenvalue weighted by molar-refractivity contribution is 6.16. The summed E-state index contributed by atoms with van der Waals surface area (Å²) in [4.78, 5) is 2.44. The van der Waals surface area contributed by atoms with Crippen molar-refractivity contribution in [2.75, 3.05) is 4.90 Å². The Balaban J connectivity index is 1.36. The molecule has 9 aromatic rings. The number of hydrogen-bond donors (Lipinski definition) is 0. The zero-order chi connectivity index (χ0) is 32.6. The summed E-state index contributed by atoms with van der Waals surface area (Å²) in [6.45, 7) is 0. The van der Waals surface area contributed by atoms with Crippen molar-refractivity contribution in [2.24, 2.45) is 0 Å². The van der Waals surface area contributed by atoms with Crippen molar-refractivity contribution in [1.82, 2.24) is 0 Å². The summed E-state index contributed by atoms with van der Waals surface area (Å²) in [5.41, 5.74) is 10.6. The largest absolute Gasteiger partial charge is 0.310 e. The van der Waals surface area contributed by atoms with E-state index >= 15 is 0 Å². The zero-order valence-electron chi connectivity index (χ0n) is 27.0. The molecule has 9 aromatic carbocycles. The fourth-order valence-corrected chi connectivity index (χ4v) is 7.31. The van der Waals surface area contributed by atoms with E-state index in [2.05, 4.69) is 205 Å². The molecule has 0 aliphatic heterocycles. The molecule has 49 heavy (non-hydrogen) atoms. The van der Waals surface area contributed by atoms with Gasteiger partial charge in [-0.3, -0.25) is 0 Å². The third-order valence-corrected chi connectivity index (χ3v) is 9.63. The Kier molecular flexibility index (Phi) is 7.22. The van der Waals surface area contributed by atoms with Crippen LogP contribution in [0.15, 0.2) is 200 Å². The molecule has 0 unspecified atom stereocenters. The van der Waals surface area contributed by atoms with Crippen LogP contribution in [0.3, 0.4) is 0 Å². The first-order valence-electron chi connectivity index (χ1n) is 16.9. The van der Waals surface area contributed by atoms with Gasteiger partial charge in [0.1, 0.15) is 0 Å². The van der Waals surface area contributed by atoms with Crippen LogP contribution in [0.25, 0.3) is 65.7 Å². The van der Waals surface area contributed by atoms with Gasteiger partial charge in [0.15, 0.2) is 0 Å². The third-order valence-electron chi connectivity index (χ3n) is 9.63. The van der Waals surface area contributed by atoms with Gasteiger partial charge < -0.3 is 4.90 Å². The standard InChI is InChI=1S/C48H33N/c1-3-14-34(15-4-1)36-26-29-40(30-27-36)49(41-31-28-35-16-7-8-19-38(35)32-41)47-25-13-24-43(37-17-5-2-6-18-37)48(47)46-33-39-20-9-10-21-42(39)44-22-11-12-23-45(44)46/h1-33H. The molecule has 9 rings (SSSR count). The fraction of sp³-hybridized carbons (Fsp3) is 0. The normalized spacial score (nSPS) is 11.3. The second-order valence-electron chi connectivity index (χ2n) is 12.5. The van der Waals surface area contributed by atoms with E-state index in [1.807, 2.05) is 0 Å². The molecule has 0 fully saturated rings. The van der Waals surface area contributed by atoms with Crippen molar-refractivity contribution < 1.29 is 0 Å². The molecule has 0 atom stereocenters. The topological polar surface area (TPSA) is 3.24 Å². The lowest BCUT2D eigenvalue weighted by molar-refractivity contribution is 1.29. The van der Waals surface area contributed by atoms with Crippen LogP contribution >= 0.6 is 0 Å². The first-order valence-corrected chi connectivity index (χ1v) is 16.9. The Labute approximate surface area is 287 Å². The van der Waals surface area contributed by atoms with Crippen molar-refractivity contribution in [3.63, 3.8) is 0 Å². The number of hydrogen-bond acceptors (Lipinski definition) is 1. The van der Waals surface area contributed by atoms with Crippen molar-refractivity contribution in [1.29, 1.82) is 0 Å².